The average Bonchev–Trinajstić information content (AvgIpc) is 2.95. The summed E-state index contributed by atoms with van der Waals surface area (Å²) < 4.78 is 39.1. The van der Waals surface area contributed by atoms with Gasteiger partial charge in [-0.3, -0.25) is 4.98 Å². The van der Waals surface area contributed by atoms with Gasteiger partial charge in [-0.15, -0.1) is 0 Å². The van der Waals surface area contributed by atoms with Gasteiger partial charge in [0.2, 0.25) is 5.92 Å². The van der Waals surface area contributed by atoms with Gasteiger partial charge in [-0.2, -0.15) is 0 Å². The Kier molecular flexibility index (Phi) is 3.78. The van der Waals surface area contributed by atoms with E-state index in [-0.39, 0.29) is 18.8 Å². The molecular weight excluding hydrogens is 347 g/mol. The first-order valence-electron chi connectivity index (χ1n) is 7.94. The molecular formula is C17H14F3N5O. The number of fused-ring (bicyclic) bond motifs is 1. The fourth-order valence-corrected chi connectivity index (χ4v) is 2.96. The van der Waals surface area contributed by atoms with Crippen LogP contribution in [0.25, 0.3) is 11.0 Å². The van der Waals surface area contributed by atoms with Gasteiger partial charge in [0.1, 0.15) is 11.5 Å². The quantitative estimate of drug-likeness (QED) is 0.652. The Morgan fingerprint density at radius 3 is 2.69 bits per heavy atom. The van der Waals surface area contributed by atoms with Crippen LogP contribution in [0.4, 0.5) is 29.3 Å². The molecule has 0 aliphatic heterocycles. The highest BCUT2D eigenvalue weighted by Crippen LogP contribution is 2.47. The van der Waals surface area contributed by atoms with Crippen LogP contribution >= 0.6 is 0 Å². The van der Waals surface area contributed by atoms with Crippen molar-refractivity contribution in [1.29, 1.82) is 0 Å². The van der Waals surface area contributed by atoms with Gasteiger partial charge in [0.05, 0.1) is 23.8 Å². The summed E-state index contributed by atoms with van der Waals surface area (Å²) in [5.41, 5.74) is 1.83. The molecule has 1 fully saturated rings. The van der Waals surface area contributed by atoms with Crippen LogP contribution in [0.15, 0.2) is 36.8 Å². The number of hydrogen-bond donors (Lipinski definition) is 3. The van der Waals surface area contributed by atoms with Crippen molar-refractivity contribution in [2.24, 2.45) is 0 Å². The fourth-order valence-electron chi connectivity index (χ4n) is 2.96. The minimum absolute atomic E-state index is 0.196. The van der Waals surface area contributed by atoms with Crippen molar-refractivity contribution in [3.05, 3.63) is 48.3 Å². The van der Waals surface area contributed by atoms with Crippen molar-refractivity contribution in [1.82, 2.24) is 15.0 Å². The van der Waals surface area contributed by atoms with Crippen molar-refractivity contribution in [2.75, 3.05) is 10.6 Å². The number of amides is 2. The Hall–Kier alpha value is -3.10. The Labute approximate surface area is 145 Å². The number of rotatable bonds is 3. The van der Waals surface area contributed by atoms with Crippen LogP contribution in [-0.2, 0) is 0 Å². The van der Waals surface area contributed by atoms with Gasteiger partial charge >= 0.3 is 6.03 Å². The van der Waals surface area contributed by atoms with E-state index < -0.39 is 17.8 Å². The minimum Gasteiger partial charge on any atom is -0.344 e. The molecule has 4 rings (SSSR count). The maximum atomic E-state index is 13.3. The zero-order chi connectivity index (χ0) is 18.3. The number of aromatic nitrogens is 3. The molecule has 26 heavy (non-hydrogen) atoms. The number of aromatic amines is 1. The molecule has 2 amide bonds. The first-order chi connectivity index (χ1) is 12.4. The van der Waals surface area contributed by atoms with Crippen LogP contribution in [0, 0.1) is 5.82 Å². The van der Waals surface area contributed by atoms with E-state index in [1.54, 1.807) is 12.1 Å². The molecule has 0 unspecified atom stereocenters. The van der Waals surface area contributed by atoms with E-state index in [1.807, 2.05) is 0 Å². The van der Waals surface area contributed by atoms with Gasteiger partial charge in [-0.05, 0) is 18.2 Å². The zero-order valence-electron chi connectivity index (χ0n) is 13.4. The van der Waals surface area contributed by atoms with E-state index in [9.17, 15) is 18.0 Å². The Bertz CT molecular complexity index is 962. The molecule has 0 bridgehead atoms. The van der Waals surface area contributed by atoms with Gasteiger partial charge in [0, 0.05) is 36.0 Å². The maximum Gasteiger partial charge on any atom is 0.323 e. The normalized spacial score (nSPS) is 16.3. The third kappa shape index (κ3) is 3.19. The molecule has 1 aliphatic rings. The maximum absolute atomic E-state index is 13.3. The first-order valence-corrected chi connectivity index (χ1v) is 7.94. The minimum atomic E-state index is -2.60. The largest absolute Gasteiger partial charge is 0.344 e. The monoisotopic (exact) mass is 361 g/mol. The first kappa shape index (κ1) is 16.4. The Balaban J connectivity index is 1.41. The third-order valence-electron chi connectivity index (χ3n) is 4.30. The molecule has 1 saturated carbocycles. The number of carbonyl (C=O) groups is 1. The number of pyridine rings is 2. The highest BCUT2D eigenvalue weighted by atomic mass is 19.3. The number of alkyl halides is 2. The lowest BCUT2D eigenvalue weighted by molar-refractivity contribution is -0.0876. The Morgan fingerprint density at radius 1 is 1.19 bits per heavy atom. The molecule has 3 N–H and O–H groups in total. The SMILES string of the molecule is O=C(Nc1ccc(C2CC(F)(F)C2)nc1)Nc1c[nH]c2ncc(F)cc12. The second-order valence-corrected chi connectivity index (χ2v) is 6.26. The van der Waals surface area contributed by atoms with Gasteiger partial charge < -0.3 is 15.6 Å². The molecule has 9 heteroatoms. The number of carbonyl (C=O) groups excluding carboxylic acids is 1. The summed E-state index contributed by atoms with van der Waals surface area (Å²) in [5, 5.41) is 5.63. The van der Waals surface area contributed by atoms with Crippen molar-refractivity contribution >= 4 is 28.4 Å². The molecule has 134 valence electrons. The van der Waals surface area contributed by atoms with E-state index in [2.05, 4.69) is 25.6 Å². The summed E-state index contributed by atoms with van der Waals surface area (Å²) in [4.78, 5) is 22.9. The summed E-state index contributed by atoms with van der Waals surface area (Å²) in [6.45, 7) is 0. The number of H-pyrrole nitrogens is 1. The van der Waals surface area contributed by atoms with E-state index in [0.29, 0.717) is 28.1 Å². The smallest absolute Gasteiger partial charge is 0.323 e. The molecule has 0 saturated heterocycles. The van der Waals surface area contributed by atoms with Gasteiger partial charge in [0.15, 0.2) is 0 Å². The molecule has 3 aromatic heterocycles. The highest BCUT2D eigenvalue weighted by Gasteiger charge is 2.46. The standard InChI is InChI=1S/C17H14F3N5O/c18-10-3-12-14(8-23-15(12)22-6-10)25-16(26)24-11-1-2-13(21-7-11)9-4-17(19,20)5-9/h1-3,6-9H,4-5H2,(H,22,23)(H2,24,25,26). The van der Waals surface area contributed by atoms with E-state index in [1.165, 1.54) is 18.5 Å². The van der Waals surface area contributed by atoms with Crippen LogP contribution in [0.1, 0.15) is 24.5 Å². The summed E-state index contributed by atoms with van der Waals surface area (Å²) in [7, 11) is 0. The average molecular weight is 361 g/mol. The zero-order valence-corrected chi connectivity index (χ0v) is 13.4. The third-order valence-corrected chi connectivity index (χ3v) is 4.30. The van der Waals surface area contributed by atoms with Crippen LogP contribution in [0.3, 0.4) is 0 Å². The fraction of sp³-hybridized carbons (Fsp3) is 0.235. The molecule has 1 aliphatic carbocycles. The second-order valence-electron chi connectivity index (χ2n) is 6.26. The van der Waals surface area contributed by atoms with E-state index in [4.69, 9.17) is 0 Å². The summed E-state index contributed by atoms with van der Waals surface area (Å²) in [6, 6.07) is 3.95. The molecule has 0 atom stereocenters. The topological polar surface area (TPSA) is 82.7 Å². The molecule has 3 heterocycles. The molecule has 0 radical (unpaired) electrons. The summed E-state index contributed by atoms with van der Waals surface area (Å²) in [6.07, 6.45) is 3.61. The van der Waals surface area contributed by atoms with Gasteiger partial charge in [0.25, 0.3) is 0 Å². The lowest BCUT2D eigenvalue weighted by atomic mass is 9.79. The number of nitrogens with one attached hydrogen (secondary N) is 3. The van der Waals surface area contributed by atoms with Crippen LogP contribution in [-0.4, -0.2) is 26.9 Å². The highest BCUT2D eigenvalue weighted by molar-refractivity contribution is 6.05. The molecule has 0 aromatic carbocycles. The lowest BCUT2D eigenvalue weighted by Gasteiger charge is -2.34. The number of hydrogen-bond acceptors (Lipinski definition) is 3. The molecule has 0 spiro atoms. The number of halogens is 3. The van der Waals surface area contributed by atoms with Crippen molar-refractivity contribution < 1.29 is 18.0 Å². The molecule has 6 nitrogen and oxygen atoms in total. The summed E-state index contributed by atoms with van der Waals surface area (Å²) >= 11 is 0. The van der Waals surface area contributed by atoms with E-state index in [0.717, 1.165) is 6.20 Å². The van der Waals surface area contributed by atoms with Crippen LogP contribution in [0.5, 0.6) is 0 Å². The molecule has 3 aromatic rings. The Morgan fingerprint density at radius 2 is 2.00 bits per heavy atom. The van der Waals surface area contributed by atoms with Crippen LogP contribution < -0.4 is 10.6 Å². The lowest BCUT2D eigenvalue weighted by Crippen LogP contribution is -2.34. The second kappa shape index (κ2) is 6.01. The predicted molar refractivity (Wildman–Crippen MR) is 89.9 cm³/mol. The number of anilines is 2. The summed E-state index contributed by atoms with van der Waals surface area (Å²) in [5.74, 6) is -3.36. The number of urea groups is 1. The van der Waals surface area contributed by atoms with Crippen molar-refractivity contribution in [3.63, 3.8) is 0 Å². The van der Waals surface area contributed by atoms with Gasteiger partial charge in [-0.25, -0.2) is 22.9 Å². The van der Waals surface area contributed by atoms with E-state index >= 15 is 0 Å². The van der Waals surface area contributed by atoms with Crippen molar-refractivity contribution in [3.8, 4) is 0 Å². The predicted octanol–water partition coefficient (Wildman–Crippen LogP) is 4.25. The number of nitrogens with zero attached hydrogens (tertiary/aromatic N) is 2. The van der Waals surface area contributed by atoms with Crippen molar-refractivity contribution in [2.45, 2.75) is 24.7 Å². The van der Waals surface area contributed by atoms with Crippen LogP contribution in [0.2, 0.25) is 0 Å². The van der Waals surface area contributed by atoms with Gasteiger partial charge in [-0.1, -0.05) is 0 Å².